The first kappa shape index (κ1) is 19.5. The summed E-state index contributed by atoms with van der Waals surface area (Å²) in [6.07, 6.45) is 1.43. The molecule has 0 radical (unpaired) electrons. The normalized spacial score (nSPS) is 10.6. The van der Waals surface area contributed by atoms with Crippen molar-refractivity contribution in [1.82, 2.24) is 5.43 Å². The Kier molecular flexibility index (Phi) is 6.34. The summed E-state index contributed by atoms with van der Waals surface area (Å²) >= 11 is 3.38. The molecule has 0 aliphatic rings. The minimum absolute atomic E-state index is 0.325. The standard InChI is InChI=1S/C22H17BrN2O3/c1-15-7-9-16(10-8-15)21(26)25-24-14-18-13-19(23)11-12-20(18)28-22(27)17-5-3-2-4-6-17/h2-14H,1H3,(H,25,26)/b24-14+. The van der Waals surface area contributed by atoms with Crippen LogP contribution in [0.4, 0.5) is 0 Å². The number of hydrogen-bond acceptors (Lipinski definition) is 4. The van der Waals surface area contributed by atoms with E-state index in [0.717, 1.165) is 10.0 Å². The predicted molar refractivity (Wildman–Crippen MR) is 112 cm³/mol. The molecular weight excluding hydrogens is 420 g/mol. The number of carbonyl (C=O) groups is 2. The van der Waals surface area contributed by atoms with E-state index < -0.39 is 5.97 Å². The smallest absolute Gasteiger partial charge is 0.343 e. The second-order valence-corrected chi connectivity index (χ2v) is 6.92. The van der Waals surface area contributed by atoms with Crippen molar-refractivity contribution < 1.29 is 14.3 Å². The van der Waals surface area contributed by atoms with Crippen LogP contribution in [0.5, 0.6) is 5.75 Å². The van der Waals surface area contributed by atoms with Crippen molar-refractivity contribution in [3.63, 3.8) is 0 Å². The molecule has 3 rings (SSSR count). The van der Waals surface area contributed by atoms with E-state index in [4.69, 9.17) is 4.74 Å². The Morgan fingerprint density at radius 3 is 2.39 bits per heavy atom. The predicted octanol–water partition coefficient (Wildman–Crippen LogP) is 4.74. The minimum atomic E-state index is -0.471. The number of amides is 1. The van der Waals surface area contributed by atoms with Crippen LogP contribution < -0.4 is 10.2 Å². The molecule has 0 aliphatic carbocycles. The Hall–Kier alpha value is -3.25. The number of benzene rings is 3. The third kappa shape index (κ3) is 5.14. The summed E-state index contributed by atoms with van der Waals surface area (Å²) in [7, 11) is 0. The highest BCUT2D eigenvalue weighted by Gasteiger charge is 2.11. The molecule has 0 aromatic heterocycles. The van der Waals surface area contributed by atoms with Crippen molar-refractivity contribution in [2.45, 2.75) is 6.92 Å². The van der Waals surface area contributed by atoms with Gasteiger partial charge >= 0.3 is 5.97 Å². The second-order valence-electron chi connectivity index (χ2n) is 6.00. The molecule has 6 heteroatoms. The topological polar surface area (TPSA) is 67.8 Å². The van der Waals surface area contributed by atoms with Gasteiger partial charge in [0.05, 0.1) is 11.8 Å². The number of ether oxygens (including phenoxy) is 1. The number of rotatable bonds is 5. The average Bonchev–Trinajstić information content (AvgIpc) is 2.71. The molecule has 28 heavy (non-hydrogen) atoms. The highest BCUT2D eigenvalue weighted by molar-refractivity contribution is 9.10. The highest BCUT2D eigenvalue weighted by Crippen LogP contribution is 2.23. The molecule has 3 aromatic carbocycles. The van der Waals surface area contributed by atoms with Crippen molar-refractivity contribution in [3.05, 3.63) is 99.5 Å². The SMILES string of the molecule is Cc1ccc(C(=O)N/N=C/c2cc(Br)ccc2OC(=O)c2ccccc2)cc1. The molecule has 0 bridgehead atoms. The maximum absolute atomic E-state index is 12.3. The van der Waals surface area contributed by atoms with E-state index in [1.165, 1.54) is 6.21 Å². The molecule has 1 amide bonds. The molecule has 0 heterocycles. The zero-order chi connectivity index (χ0) is 19.9. The van der Waals surface area contributed by atoms with Crippen molar-refractivity contribution in [2.75, 3.05) is 0 Å². The van der Waals surface area contributed by atoms with Crippen molar-refractivity contribution in [3.8, 4) is 5.75 Å². The quantitative estimate of drug-likeness (QED) is 0.271. The van der Waals surface area contributed by atoms with E-state index in [1.54, 1.807) is 54.6 Å². The lowest BCUT2D eigenvalue weighted by atomic mass is 10.1. The van der Waals surface area contributed by atoms with E-state index in [9.17, 15) is 9.59 Å². The Bertz CT molecular complexity index is 1020. The van der Waals surface area contributed by atoms with Gasteiger partial charge in [0.15, 0.2) is 0 Å². The van der Waals surface area contributed by atoms with Crippen LogP contribution in [0, 0.1) is 6.92 Å². The number of hydrazone groups is 1. The van der Waals surface area contributed by atoms with E-state index in [0.29, 0.717) is 22.4 Å². The molecule has 5 nitrogen and oxygen atoms in total. The molecule has 0 saturated carbocycles. The molecule has 0 atom stereocenters. The zero-order valence-electron chi connectivity index (χ0n) is 15.1. The first-order valence-electron chi connectivity index (χ1n) is 8.50. The monoisotopic (exact) mass is 436 g/mol. The maximum atomic E-state index is 12.3. The number of nitrogens with one attached hydrogen (secondary N) is 1. The van der Waals surface area contributed by atoms with Gasteiger partial charge < -0.3 is 4.74 Å². The Morgan fingerprint density at radius 1 is 0.964 bits per heavy atom. The fourth-order valence-corrected chi connectivity index (χ4v) is 2.75. The molecule has 1 N–H and O–H groups in total. The molecule has 0 unspecified atom stereocenters. The zero-order valence-corrected chi connectivity index (χ0v) is 16.6. The molecule has 0 saturated heterocycles. The summed E-state index contributed by atoms with van der Waals surface area (Å²) in [5.74, 6) is -0.458. The average molecular weight is 437 g/mol. The highest BCUT2D eigenvalue weighted by atomic mass is 79.9. The third-order valence-corrected chi connectivity index (χ3v) is 4.36. The van der Waals surface area contributed by atoms with Gasteiger partial charge in [0.1, 0.15) is 5.75 Å². The van der Waals surface area contributed by atoms with Gasteiger partial charge in [-0.15, -0.1) is 0 Å². The number of aryl methyl sites for hydroxylation is 1. The van der Waals surface area contributed by atoms with E-state index >= 15 is 0 Å². The first-order valence-corrected chi connectivity index (χ1v) is 9.29. The van der Waals surface area contributed by atoms with Gasteiger partial charge in [-0.1, -0.05) is 51.8 Å². The molecule has 0 fully saturated rings. The van der Waals surface area contributed by atoms with Crippen LogP contribution in [0.15, 0.2) is 82.4 Å². The van der Waals surface area contributed by atoms with Crippen LogP contribution in [0.25, 0.3) is 0 Å². The lowest BCUT2D eigenvalue weighted by Crippen LogP contribution is -2.17. The Morgan fingerprint density at radius 2 is 1.68 bits per heavy atom. The van der Waals surface area contributed by atoms with Crippen LogP contribution in [0.1, 0.15) is 31.8 Å². The second kappa shape index (κ2) is 9.10. The van der Waals surface area contributed by atoms with Crippen LogP contribution in [-0.4, -0.2) is 18.1 Å². The number of nitrogens with zero attached hydrogens (tertiary/aromatic N) is 1. The lowest BCUT2D eigenvalue weighted by Gasteiger charge is -2.08. The summed E-state index contributed by atoms with van der Waals surface area (Å²) in [6.45, 7) is 1.95. The fourth-order valence-electron chi connectivity index (χ4n) is 2.38. The summed E-state index contributed by atoms with van der Waals surface area (Å²) in [5, 5.41) is 3.99. The van der Waals surface area contributed by atoms with Gasteiger partial charge in [-0.2, -0.15) is 5.10 Å². The van der Waals surface area contributed by atoms with Gasteiger partial charge in [0.25, 0.3) is 5.91 Å². The van der Waals surface area contributed by atoms with Crippen LogP contribution >= 0.6 is 15.9 Å². The molecule has 3 aromatic rings. The summed E-state index contributed by atoms with van der Waals surface area (Å²) < 4.78 is 6.27. The summed E-state index contributed by atoms with van der Waals surface area (Å²) in [4.78, 5) is 24.4. The van der Waals surface area contributed by atoms with Crippen molar-refractivity contribution in [1.29, 1.82) is 0 Å². The Labute approximate surface area is 171 Å². The van der Waals surface area contributed by atoms with Gasteiger partial charge in [-0.05, 0) is 49.4 Å². The summed E-state index contributed by atoms with van der Waals surface area (Å²) in [5.41, 5.74) is 5.04. The molecule has 0 aliphatic heterocycles. The number of halogens is 1. The van der Waals surface area contributed by atoms with E-state index in [-0.39, 0.29) is 5.91 Å². The molecule has 0 spiro atoms. The first-order chi connectivity index (χ1) is 13.5. The summed E-state index contributed by atoms with van der Waals surface area (Å²) in [6, 6.07) is 21.0. The molecule has 140 valence electrons. The van der Waals surface area contributed by atoms with Gasteiger partial charge in [0.2, 0.25) is 0 Å². The fraction of sp³-hybridized carbons (Fsp3) is 0.0455. The van der Waals surface area contributed by atoms with Crippen molar-refractivity contribution >= 4 is 34.0 Å². The van der Waals surface area contributed by atoms with E-state index in [2.05, 4.69) is 26.5 Å². The largest absolute Gasteiger partial charge is 0.422 e. The number of carbonyl (C=O) groups excluding carboxylic acids is 2. The Balaban J connectivity index is 1.73. The lowest BCUT2D eigenvalue weighted by molar-refractivity contribution is 0.0734. The van der Waals surface area contributed by atoms with Crippen LogP contribution in [0.3, 0.4) is 0 Å². The maximum Gasteiger partial charge on any atom is 0.343 e. The molecular formula is C22H17BrN2O3. The van der Waals surface area contributed by atoms with E-state index in [1.807, 2.05) is 25.1 Å². The van der Waals surface area contributed by atoms with Crippen LogP contribution in [-0.2, 0) is 0 Å². The minimum Gasteiger partial charge on any atom is -0.422 e. The van der Waals surface area contributed by atoms with Crippen molar-refractivity contribution in [2.24, 2.45) is 5.10 Å². The van der Waals surface area contributed by atoms with Gasteiger partial charge in [-0.3, -0.25) is 4.79 Å². The van der Waals surface area contributed by atoms with Gasteiger partial charge in [-0.25, -0.2) is 10.2 Å². The third-order valence-electron chi connectivity index (χ3n) is 3.87. The number of esters is 1. The van der Waals surface area contributed by atoms with Crippen LogP contribution in [0.2, 0.25) is 0 Å². The van der Waals surface area contributed by atoms with Gasteiger partial charge in [0, 0.05) is 15.6 Å². The number of hydrogen-bond donors (Lipinski definition) is 1.